The van der Waals surface area contributed by atoms with Crippen molar-refractivity contribution in [3.63, 3.8) is 0 Å². The lowest BCUT2D eigenvalue weighted by atomic mass is 9.86. The van der Waals surface area contributed by atoms with E-state index in [1.807, 2.05) is 0 Å². The van der Waals surface area contributed by atoms with Gasteiger partial charge in [-0.15, -0.1) is 0 Å². The molecule has 0 spiro atoms. The average molecular weight is 502 g/mol. The van der Waals surface area contributed by atoms with Crippen LogP contribution < -0.4 is 3.11 Å². The molecule has 0 radical (unpaired) electrons. The molecular formula is C24H25INOS+. The van der Waals surface area contributed by atoms with Crippen LogP contribution in [0, 0.1) is 0 Å². The molecule has 1 aromatic heterocycles. The van der Waals surface area contributed by atoms with E-state index in [0.29, 0.717) is 0 Å². The minimum Gasteiger partial charge on any atom is -0.454 e. The number of rotatable bonds is 3. The Morgan fingerprint density at radius 3 is 2.04 bits per heavy atom. The highest BCUT2D eigenvalue weighted by Crippen LogP contribution is 2.42. The predicted octanol–water partition coefficient (Wildman–Crippen LogP) is 7.61. The third kappa shape index (κ3) is 3.41. The largest absolute Gasteiger partial charge is 0.454 e. The lowest BCUT2D eigenvalue weighted by molar-refractivity contribution is 0.573. The second-order valence-electron chi connectivity index (χ2n) is 8.28. The maximum atomic E-state index is 6.50. The summed E-state index contributed by atoms with van der Waals surface area (Å²) < 4.78 is 8.69. The third-order valence-electron chi connectivity index (χ3n) is 5.06. The van der Waals surface area contributed by atoms with Gasteiger partial charge in [-0.25, -0.2) is 0 Å². The van der Waals surface area contributed by atoms with Crippen molar-refractivity contribution in [1.82, 2.24) is 0 Å². The van der Waals surface area contributed by atoms with Gasteiger partial charge in [-0.3, -0.25) is 3.11 Å². The van der Waals surface area contributed by atoms with Crippen molar-refractivity contribution in [1.29, 1.82) is 0 Å². The van der Waals surface area contributed by atoms with Crippen LogP contribution in [0.3, 0.4) is 0 Å². The van der Waals surface area contributed by atoms with Crippen molar-refractivity contribution in [2.75, 3.05) is 15.6 Å². The molecule has 3 aromatic carbocycles. The van der Waals surface area contributed by atoms with Gasteiger partial charge in [0.05, 0.1) is 34.2 Å². The van der Waals surface area contributed by atoms with Gasteiger partial charge in [0, 0.05) is 27.2 Å². The summed E-state index contributed by atoms with van der Waals surface area (Å²) in [5.41, 5.74) is 5.45. The van der Waals surface area contributed by atoms with Crippen LogP contribution in [0.15, 0.2) is 70.0 Å². The molecular weight excluding hydrogens is 477 g/mol. The first-order chi connectivity index (χ1) is 13.3. The maximum Gasteiger partial charge on any atom is 0.159 e. The van der Waals surface area contributed by atoms with E-state index >= 15 is 0 Å². The minimum atomic E-state index is 0.0328. The fourth-order valence-corrected chi connectivity index (χ4v) is 4.92. The van der Waals surface area contributed by atoms with Crippen molar-refractivity contribution in [3.05, 3.63) is 66.2 Å². The predicted molar refractivity (Wildman–Crippen MR) is 132 cm³/mol. The van der Waals surface area contributed by atoms with Crippen LogP contribution in [0.2, 0.25) is 0 Å². The Hall–Kier alpha value is -1.66. The van der Waals surface area contributed by atoms with Gasteiger partial charge >= 0.3 is 0 Å². The summed E-state index contributed by atoms with van der Waals surface area (Å²) in [5, 5.41) is 2.35. The van der Waals surface area contributed by atoms with Crippen LogP contribution in [0.1, 0.15) is 26.3 Å². The van der Waals surface area contributed by atoms with Crippen molar-refractivity contribution in [2.45, 2.75) is 31.1 Å². The van der Waals surface area contributed by atoms with E-state index in [9.17, 15) is 0 Å². The van der Waals surface area contributed by atoms with Gasteiger partial charge in [0.25, 0.3) is 0 Å². The fraction of sp³-hybridized carbons (Fsp3) is 0.250. The highest BCUT2D eigenvalue weighted by Gasteiger charge is 2.22. The lowest BCUT2D eigenvalue weighted by Gasteiger charge is -2.19. The zero-order chi connectivity index (χ0) is 20.1. The standard InChI is InChI=1S/C24H25INOS/c1-24(2,3)20-10-6-8-18-19-9-7-11-21(23(19)27-22(18)20)26(25)16-12-14-17(15-13-16)28(4)5/h6-15H,1-5H3/q+1. The second kappa shape index (κ2) is 7.30. The molecule has 0 atom stereocenters. The molecule has 0 bridgehead atoms. The zero-order valence-corrected chi connectivity index (χ0v) is 19.9. The molecule has 0 saturated heterocycles. The Balaban J connectivity index is 1.88. The molecule has 4 heteroatoms. The van der Waals surface area contributed by atoms with Crippen LogP contribution in [0.25, 0.3) is 21.9 Å². The summed E-state index contributed by atoms with van der Waals surface area (Å²) in [6.07, 6.45) is 4.50. The van der Waals surface area contributed by atoms with Gasteiger partial charge < -0.3 is 4.42 Å². The summed E-state index contributed by atoms with van der Waals surface area (Å²) in [6, 6.07) is 21.7. The van der Waals surface area contributed by atoms with E-state index in [-0.39, 0.29) is 16.3 Å². The smallest absolute Gasteiger partial charge is 0.159 e. The Kier molecular flexibility index (Phi) is 5.12. The van der Waals surface area contributed by atoms with Crippen LogP contribution in [0.5, 0.6) is 0 Å². The SMILES string of the molecule is C[S+](C)c1ccc(N(I)c2cccc3c2oc2c(C(C)(C)C)cccc23)cc1. The highest BCUT2D eigenvalue weighted by molar-refractivity contribution is 14.1. The first-order valence-electron chi connectivity index (χ1n) is 9.35. The Morgan fingerprint density at radius 1 is 0.821 bits per heavy atom. The number of fused-ring (bicyclic) bond motifs is 3. The van der Waals surface area contributed by atoms with E-state index in [1.54, 1.807) is 0 Å². The van der Waals surface area contributed by atoms with Gasteiger partial charge in [-0.1, -0.05) is 51.1 Å². The van der Waals surface area contributed by atoms with Gasteiger partial charge in [0.2, 0.25) is 0 Å². The fourth-order valence-electron chi connectivity index (χ4n) is 3.54. The maximum absolute atomic E-state index is 6.50. The molecule has 0 fully saturated rings. The molecule has 0 aliphatic carbocycles. The van der Waals surface area contributed by atoms with E-state index in [1.165, 1.54) is 21.2 Å². The number of benzene rings is 3. The zero-order valence-electron chi connectivity index (χ0n) is 16.9. The number of halogens is 1. The summed E-state index contributed by atoms with van der Waals surface area (Å²) >= 11 is 2.38. The van der Waals surface area contributed by atoms with Crippen LogP contribution in [0.4, 0.5) is 11.4 Å². The Morgan fingerprint density at radius 2 is 1.43 bits per heavy atom. The topological polar surface area (TPSA) is 16.4 Å². The summed E-state index contributed by atoms with van der Waals surface area (Å²) in [5.74, 6) is 0. The summed E-state index contributed by atoms with van der Waals surface area (Å²) in [4.78, 5) is 1.38. The van der Waals surface area contributed by atoms with Gasteiger partial charge in [-0.2, -0.15) is 0 Å². The average Bonchev–Trinajstić information content (AvgIpc) is 3.05. The highest BCUT2D eigenvalue weighted by atomic mass is 127. The summed E-state index contributed by atoms with van der Waals surface area (Å²) in [7, 11) is 0.272. The second-order valence-corrected chi connectivity index (χ2v) is 11.3. The molecule has 28 heavy (non-hydrogen) atoms. The number of anilines is 2. The lowest BCUT2D eigenvalue weighted by Crippen LogP contribution is -2.10. The quantitative estimate of drug-likeness (QED) is 0.163. The van der Waals surface area contributed by atoms with Crippen LogP contribution >= 0.6 is 22.9 Å². The van der Waals surface area contributed by atoms with E-state index in [4.69, 9.17) is 4.42 Å². The van der Waals surface area contributed by atoms with Crippen LogP contribution in [-0.2, 0) is 16.3 Å². The Bertz CT molecular complexity index is 1140. The van der Waals surface area contributed by atoms with Crippen molar-refractivity contribution in [2.24, 2.45) is 0 Å². The van der Waals surface area contributed by atoms with Crippen molar-refractivity contribution < 1.29 is 4.42 Å². The third-order valence-corrected chi connectivity index (χ3v) is 7.35. The Labute approximate surface area is 183 Å². The molecule has 2 nitrogen and oxygen atoms in total. The molecule has 1 heterocycles. The normalized spacial score (nSPS) is 12.2. The first kappa shape index (κ1) is 19.6. The number of hydrogen-bond acceptors (Lipinski definition) is 2. The van der Waals surface area contributed by atoms with E-state index < -0.39 is 0 Å². The number of nitrogens with zero attached hydrogens (tertiary/aromatic N) is 1. The number of para-hydroxylation sites is 2. The molecule has 4 aromatic rings. The number of furan rings is 1. The van der Waals surface area contributed by atoms with Gasteiger partial charge in [0.1, 0.15) is 18.1 Å². The van der Waals surface area contributed by atoms with Gasteiger partial charge in [-0.05, 0) is 35.7 Å². The van der Waals surface area contributed by atoms with Gasteiger partial charge in [0.15, 0.2) is 10.5 Å². The van der Waals surface area contributed by atoms with Crippen molar-refractivity contribution >= 4 is 67.1 Å². The molecule has 0 aliphatic heterocycles. The molecule has 0 unspecified atom stereocenters. The molecule has 4 rings (SSSR count). The molecule has 0 N–H and O–H groups in total. The molecule has 0 saturated carbocycles. The molecule has 144 valence electrons. The van der Waals surface area contributed by atoms with Crippen LogP contribution in [-0.4, -0.2) is 12.5 Å². The van der Waals surface area contributed by atoms with Crippen molar-refractivity contribution in [3.8, 4) is 0 Å². The van der Waals surface area contributed by atoms with E-state index in [2.05, 4.69) is 120 Å². The molecule has 0 aliphatic rings. The first-order valence-corrected chi connectivity index (χ1v) is 12.4. The summed E-state index contributed by atoms with van der Waals surface area (Å²) in [6.45, 7) is 6.70. The monoisotopic (exact) mass is 502 g/mol. The molecule has 0 amide bonds. The minimum absolute atomic E-state index is 0.0328. The van der Waals surface area contributed by atoms with E-state index in [0.717, 1.165) is 22.5 Å². The number of hydrogen-bond donors (Lipinski definition) is 0.